The third-order valence-corrected chi connectivity index (χ3v) is 5.39. The fourth-order valence-corrected chi connectivity index (χ4v) is 3.81. The van der Waals surface area contributed by atoms with Crippen LogP contribution >= 0.6 is 11.8 Å². The van der Waals surface area contributed by atoms with Crippen LogP contribution in [0.1, 0.15) is 51.0 Å². The van der Waals surface area contributed by atoms with Gasteiger partial charge in [-0.3, -0.25) is 19.5 Å². The monoisotopic (exact) mass is 406 g/mol. The third-order valence-electron chi connectivity index (χ3n) is 4.54. The standard InChI is InChI=1S/C21H18N4O3S/c1-2-5-17-23-21(25-24-17)29-11-18(26)22-12-8-9-15-16(10-12)20(28)14-7-4-3-6-13(14)19(15)27/h3-4,6-10H,2,5,11H2,1H3,(H,22,26)(H,23,24,25). The highest BCUT2D eigenvalue weighted by molar-refractivity contribution is 7.99. The number of aromatic nitrogens is 3. The van der Waals surface area contributed by atoms with Gasteiger partial charge in [0.05, 0.1) is 5.75 Å². The number of anilines is 1. The van der Waals surface area contributed by atoms with Gasteiger partial charge in [-0.1, -0.05) is 43.0 Å². The molecule has 0 radical (unpaired) electrons. The molecule has 146 valence electrons. The Morgan fingerprint density at radius 1 is 1.03 bits per heavy atom. The largest absolute Gasteiger partial charge is 0.325 e. The van der Waals surface area contributed by atoms with E-state index in [0.717, 1.165) is 18.7 Å². The SMILES string of the molecule is CCCc1nc(SCC(=O)Nc2ccc3c(c2)C(=O)c2ccccc2C3=O)n[nH]1. The Bertz CT molecular complexity index is 1120. The van der Waals surface area contributed by atoms with Crippen LogP contribution in [-0.2, 0) is 11.2 Å². The number of carbonyl (C=O) groups is 3. The Labute approximate surface area is 171 Å². The van der Waals surface area contributed by atoms with Crippen molar-refractivity contribution in [3.63, 3.8) is 0 Å². The lowest BCUT2D eigenvalue weighted by molar-refractivity contribution is -0.113. The van der Waals surface area contributed by atoms with E-state index >= 15 is 0 Å². The van der Waals surface area contributed by atoms with Gasteiger partial charge >= 0.3 is 0 Å². The molecule has 7 nitrogen and oxygen atoms in total. The van der Waals surface area contributed by atoms with Crippen molar-refractivity contribution in [1.29, 1.82) is 0 Å². The Kier molecular flexibility index (Phi) is 5.26. The molecule has 1 aliphatic rings. The number of hydrogen-bond donors (Lipinski definition) is 2. The van der Waals surface area contributed by atoms with E-state index in [4.69, 9.17) is 0 Å². The fourth-order valence-electron chi connectivity index (χ4n) is 3.20. The van der Waals surface area contributed by atoms with Gasteiger partial charge < -0.3 is 5.32 Å². The van der Waals surface area contributed by atoms with E-state index in [0.29, 0.717) is 33.1 Å². The van der Waals surface area contributed by atoms with Gasteiger partial charge in [0.2, 0.25) is 11.1 Å². The van der Waals surface area contributed by atoms with Crippen molar-refractivity contribution in [2.45, 2.75) is 24.9 Å². The molecule has 0 saturated heterocycles. The summed E-state index contributed by atoms with van der Waals surface area (Å²) < 4.78 is 0. The summed E-state index contributed by atoms with van der Waals surface area (Å²) in [5, 5.41) is 10.2. The van der Waals surface area contributed by atoms with Crippen molar-refractivity contribution >= 4 is 34.9 Å². The molecule has 1 heterocycles. The number of H-pyrrole nitrogens is 1. The number of nitrogens with one attached hydrogen (secondary N) is 2. The molecule has 1 aliphatic carbocycles. The second-order valence-corrected chi connectivity index (χ2v) is 7.56. The summed E-state index contributed by atoms with van der Waals surface area (Å²) in [5.41, 5.74) is 1.92. The predicted octanol–water partition coefficient (Wildman–Crippen LogP) is 3.26. The van der Waals surface area contributed by atoms with Crippen LogP contribution in [0.2, 0.25) is 0 Å². The molecule has 2 N–H and O–H groups in total. The quantitative estimate of drug-likeness (QED) is 0.476. The van der Waals surface area contributed by atoms with Gasteiger partial charge in [0.1, 0.15) is 5.82 Å². The van der Waals surface area contributed by atoms with Crippen molar-refractivity contribution in [1.82, 2.24) is 15.2 Å². The molecule has 0 atom stereocenters. The van der Waals surface area contributed by atoms with Crippen molar-refractivity contribution in [2.75, 3.05) is 11.1 Å². The minimum Gasteiger partial charge on any atom is -0.325 e. The second kappa shape index (κ2) is 8.00. The summed E-state index contributed by atoms with van der Waals surface area (Å²) >= 11 is 1.23. The van der Waals surface area contributed by atoms with Crippen LogP contribution in [0, 0.1) is 0 Å². The molecule has 1 aromatic heterocycles. The molecule has 0 aliphatic heterocycles. The number of amides is 1. The molecule has 4 rings (SSSR count). The number of fused-ring (bicyclic) bond motifs is 2. The van der Waals surface area contributed by atoms with Crippen LogP contribution in [-0.4, -0.2) is 38.4 Å². The highest BCUT2D eigenvalue weighted by Gasteiger charge is 2.29. The summed E-state index contributed by atoms with van der Waals surface area (Å²) in [7, 11) is 0. The highest BCUT2D eigenvalue weighted by Crippen LogP contribution is 2.29. The topological polar surface area (TPSA) is 105 Å². The van der Waals surface area contributed by atoms with Crippen LogP contribution in [0.25, 0.3) is 0 Å². The fraction of sp³-hybridized carbons (Fsp3) is 0.190. The maximum absolute atomic E-state index is 12.8. The zero-order valence-corrected chi connectivity index (χ0v) is 16.5. The number of ketones is 2. The van der Waals surface area contributed by atoms with Gasteiger partial charge in [-0.25, -0.2) is 4.98 Å². The van der Waals surface area contributed by atoms with E-state index in [1.165, 1.54) is 11.8 Å². The molecular weight excluding hydrogens is 388 g/mol. The molecule has 0 unspecified atom stereocenters. The number of hydrogen-bond acceptors (Lipinski definition) is 6. The summed E-state index contributed by atoms with van der Waals surface area (Å²) in [6.07, 6.45) is 1.77. The number of carbonyl (C=O) groups excluding carboxylic acids is 3. The number of aromatic amines is 1. The van der Waals surface area contributed by atoms with Gasteiger partial charge in [0.25, 0.3) is 0 Å². The number of rotatable bonds is 6. The highest BCUT2D eigenvalue weighted by atomic mass is 32.2. The average molecular weight is 406 g/mol. The Balaban J connectivity index is 1.45. The van der Waals surface area contributed by atoms with Crippen LogP contribution < -0.4 is 5.32 Å². The van der Waals surface area contributed by atoms with E-state index in [1.54, 1.807) is 42.5 Å². The minimum atomic E-state index is -0.244. The number of thioether (sulfide) groups is 1. The number of aryl methyl sites for hydroxylation is 1. The van der Waals surface area contributed by atoms with Crippen LogP contribution in [0.3, 0.4) is 0 Å². The first-order valence-corrected chi connectivity index (χ1v) is 10.2. The molecule has 3 aromatic rings. The first-order chi connectivity index (χ1) is 14.1. The average Bonchev–Trinajstić information content (AvgIpc) is 3.18. The summed E-state index contributed by atoms with van der Waals surface area (Å²) in [6, 6.07) is 11.5. The first kappa shape index (κ1) is 19.1. The van der Waals surface area contributed by atoms with Gasteiger partial charge in [0.15, 0.2) is 11.6 Å². The maximum Gasteiger partial charge on any atom is 0.234 e. The number of nitrogens with zero attached hydrogens (tertiary/aromatic N) is 2. The molecule has 8 heteroatoms. The molecule has 0 spiro atoms. The molecule has 0 saturated carbocycles. The lowest BCUT2D eigenvalue weighted by atomic mass is 9.84. The Hall–Kier alpha value is -3.26. The summed E-state index contributed by atoms with van der Waals surface area (Å²) in [5.74, 6) is 0.289. The van der Waals surface area contributed by atoms with Crippen LogP contribution in [0.4, 0.5) is 5.69 Å². The Morgan fingerprint density at radius 3 is 2.45 bits per heavy atom. The van der Waals surface area contributed by atoms with E-state index in [2.05, 4.69) is 27.4 Å². The summed E-state index contributed by atoms with van der Waals surface area (Å²) in [6.45, 7) is 2.05. The van der Waals surface area contributed by atoms with Gasteiger partial charge in [-0.05, 0) is 24.6 Å². The summed E-state index contributed by atoms with van der Waals surface area (Å²) in [4.78, 5) is 42.0. The minimum absolute atomic E-state index is 0.135. The molecular formula is C21H18N4O3S. The molecule has 29 heavy (non-hydrogen) atoms. The van der Waals surface area contributed by atoms with Crippen molar-refractivity contribution in [3.05, 3.63) is 70.5 Å². The zero-order valence-electron chi connectivity index (χ0n) is 15.7. The van der Waals surface area contributed by atoms with Crippen LogP contribution in [0.5, 0.6) is 0 Å². The van der Waals surface area contributed by atoms with E-state index < -0.39 is 0 Å². The molecule has 0 bridgehead atoms. The molecule has 0 fully saturated rings. The van der Waals surface area contributed by atoms with E-state index in [-0.39, 0.29) is 23.2 Å². The normalized spacial score (nSPS) is 12.4. The maximum atomic E-state index is 12.8. The lowest BCUT2D eigenvalue weighted by Gasteiger charge is -2.18. The molecule has 2 aromatic carbocycles. The second-order valence-electron chi connectivity index (χ2n) is 6.62. The van der Waals surface area contributed by atoms with E-state index in [9.17, 15) is 14.4 Å². The lowest BCUT2D eigenvalue weighted by Crippen LogP contribution is -2.21. The van der Waals surface area contributed by atoms with E-state index in [1.807, 2.05) is 0 Å². The zero-order chi connectivity index (χ0) is 20.4. The van der Waals surface area contributed by atoms with Crippen molar-refractivity contribution < 1.29 is 14.4 Å². The smallest absolute Gasteiger partial charge is 0.234 e. The van der Waals surface area contributed by atoms with Gasteiger partial charge in [-0.15, -0.1) is 5.10 Å². The predicted molar refractivity (Wildman–Crippen MR) is 109 cm³/mol. The van der Waals surface area contributed by atoms with Gasteiger partial charge in [0, 0.05) is 34.4 Å². The van der Waals surface area contributed by atoms with Crippen molar-refractivity contribution in [3.8, 4) is 0 Å². The molecule has 1 amide bonds. The third kappa shape index (κ3) is 3.84. The van der Waals surface area contributed by atoms with Crippen LogP contribution in [0.15, 0.2) is 47.6 Å². The Morgan fingerprint density at radius 2 is 1.72 bits per heavy atom. The van der Waals surface area contributed by atoms with Gasteiger partial charge in [-0.2, -0.15) is 0 Å². The van der Waals surface area contributed by atoms with Crippen molar-refractivity contribution in [2.24, 2.45) is 0 Å². The number of benzene rings is 2. The first-order valence-electron chi connectivity index (χ1n) is 9.23.